The summed E-state index contributed by atoms with van der Waals surface area (Å²) in [5.74, 6) is 0.844. The quantitative estimate of drug-likeness (QED) is 0.842. The van der Waals surface area contributed by atoms with Crippen LogP contribution in [0.4, 0.5) is 0 Å². The maximum Gasteiger partial charge on any atom is 0.175 e. The summed E-state index contributed by atoms with van der Waals surface area (Å²) >= 11 is 0. The van der Waals surface area contributed by atoms with E-state index in [4.69, 9.17) is 4.74 Å². The van der Waals surface area contributed by atoms with Crippen molar-refractivity contribution >= 4 is 9.84 Å². The number of ether oxygens (including phenoxy) is 1. The average molecular weight is 275 g/mol. The predicted molar refractivity (Wildman–Crippen MR) is 72.0 cm³/mol. The first-order valence-corrected chi connectivity index (χ1v) is 7.85. The Bertz CT molecular complexity index is 721. The molecule has 0 saturated heterocycles. The first-order valence-electron chi connectivity index (χ1n) is 5.96. The summed E-state index contributed by atoms with van der Waals surface area (Å²) in [5.41, 5.74) is 2.89. The number of nitrogens with zero attached hydrogens (tertiary/aromatic N) is 1. The number of hydrogen-bond donors (Lipinski definition) is 0. The van der Waals surface area contributed by atoms with Crippen molar-refractivity contribution in [2.75, 3.05) is 12.9 Å². The van der Waals surface area contributed by atoms with Crippen LogP contribution in [-0.4, -0.2) is 26.3 Å². The summed E-state index contributed by atoms with van der Waals surface area (Å²) in [6, 6.07) is 8.77. The monoisotopic (exact) mass is 275 g/mol. The van der Waals surface area contributed by atoms with Gasteiger partial charge in [0, 0.05) is 23.8 Å². The summed E-state index contributed by atoms with van der Waals surface area (Å²) in [6.07, 6.45) is 3.82. The molecule has 1 aliphatic rings. The van der Waals surface area contributed by atoms with Gasteiger partial charge in [0.1, 0.15) is 5.75 Å². The van der Waals surface area contributed by atoms with Gasteiger partial charge in [0.2, 0.25) is 0 Å². The van der Waals surface area contributed by atoms with E-state index in [2.05, 4.69) is 4.98 Å². The average Bonchev–Trinajstić information content (AvgIpc) is 2.85. The number of rotatable bonds is 2. The molecule has 0 radical (unpaired) electrons. The van der Waals surface area contributed by atoms with E-state index in [-0.39, 0.29) is 0 Å². The molecule has 0 saturated carbocycles. The molecule has 0 N–H and O–H groups in total. The maximum atomic E-state index is 11.4. The third-order valence-corrected chi connectivity index (χ3v) is 4.28. The summed E-state index contributed by atoms with van der Waals surface area (Å²) < 4.78 is 28.2. The summed E-state index contributed by atoms with van der Waals surface area (Å²) in [5, 5.41) is 0. The van der Waals surface area contributed by atoms with Crippen LogP contribution in [0.2, 0.25) is 0 Å². The fourth-order valence-electron chi connectivity index (χ4n) is 2.11. The van der Waals surface area contributed by atoms with Crippen molar-refractivity contribution in [3.8, 4) is 17.0 Å². The van der Waals surface area contributed by atoms with Gasteiger partial charge in [-0.15, -0.1) is 0 Å². The Kier molecular flexibility index (Phi) is 2.78. The predicted octanol–water partition coefficient (Wildman–Crippen LogP) is 2.09. The van der Waals surface area contributed by atoms with Crippen molar-refractivity contribution in [1.29, 1.82) is 0 Å². The highest BCUT2D eigenvalue weighted by molar-refractivity contribution is 7.90. The van der Waals surface area contributed by atoms with E-state index in [9.17, 15) is 8.42 Å². The SMILES string of the molecule is CS(=O)(=O)c1ccc(-c2cc3c(cn2)OCC3)cc1. The molecule has 4 nitrogen and oxygen atoms in total. The minimum absolute atomic E-state index is 0.320. The largest absolute Gasteiger partial charge is 0.491 e. The number of pyridine rings is 1. The van der Waals surface area contributed by atoms with Crippen molar-refractivity contribution in [3.63, 3.8) is 0 Å². The Morgan fingerprint density at radius 1 is 1.21 bits per heavy atom. The molecule has 19 heavy (non-hydrogen) atoms. The molecule has 0 fully saturated rings. The van der Waals surface area contributed by atoms with Gasteiger partial charge in [-0.3, -0.25) is 4.98 Å². The molecule has 98 valence electrons. The van der Waals surface area contributed by atoms with Gasteiger partial charge in [-0.25, -0.2) is 8.42 Å². The summed E-state index contributed by atoms with van der Waals surface area (Å²) in [6.45, 7) is 0.702. The van der Waals surface area contributed by atoms with E-state index in [0.29, 0.717) is 11.5 Å². The lowest BCUT2D eigenvalue weighted by Gasteiger charge is -2.04. The highest BCUT2D eigenvalue weighted by Crippen LogP contribution is 2.28. The normalized spacial score (nSPS) is 13.9. The fraction of sp³-hybridized carbons (Fsp3) is 0.214. The van der Waals surface area contributed by atoms with E-state index >= 15 is 0 Å². The van der Waals surface area contributed by atoms with E-state index in [1.165, 1.54) is 6.26 Å². The van der Waals surface area contributed by atoms with Gasteiger partial charge in [0.25, 0.3) is 0 Å². The molecule has 5 heteroatoms. The number of fused-ring (bicyclic) bond motifs is 1. The van der Waals surface area contributed by atoms with Crippen LogP contribution in [0.3, 0.4) is 0 Å². The van der Waals surface area contributed by atoms with Gasteiger partial charge in [-0.05, 0) is 18.2 Å². The Hall–Kier alpha value is -1.88. The Morgan fingerprint density at radius 3 is 2.63 bits per heavy atom. The zero-order valence-electron chi connectivity index (χ0n) is 10.5. The summed E-state index contributed by atoms with van der Waals surface area (Å²) in [7, 11) is -3.15. The molecule has 0 aliphatic carbocycles. The zero-order valence-corrected chi connectivity index (χ0v) is 11.3. The number of benzene rings is 1. The van der Waals surface area contributed by atoms with Gasteiger partial charge in [0.05, 0.1) is 23.4 Å². The third kappa shape index (κ3) is 2.33. The van der Waals surface area contributed by atoms with Crippen LogP contribution in [0.25, 0.3) is 11.3 Å². The minimum Gasteiger partial charge on any atom is -0.491 e. The second-order valence-electron chi connectivity index (χ2n) is 4.57. The molecule has 0 spiro atoms. The molecular weight excluding hydrogens is 262 g/mol. The molecule has 1 aliphatic heterocycles. The van der Waals surface area contributed by atoms with Crippen molar-refractivity contribution in [1.82, 2.24) is 4.98 Å². The van der Waals surface area contributed by atoms with Crippen LogP contribution in [0.5, 0.6) is 5.75 Å². The molecule has 0 amide bonds. The molecule has 2 aromatic rings. The third-order valence-electron chi connectivity index (χ3n) is 3.16. The van der Waals surface area contributed by atoms with Crippen molar-refractivity contribution in [3.05, 3.63) is 42.1 Å². The van der Waals surface area contributed by atoms with E-state index < -0.39 is 9.84 Å². The Morgan fingerprint density at radius 2 is 1.95 bits per heavy atom. The molecule has 1 aromatic carbocycles. The lowest BCUT2D eigenvalue weighted by molar-refractivity contribution is 0.355. The first-order chi connectivity index (χ1) is 9.04. The highest BCUT2D eigenvalue weighted by Gasteiger charge is 2.14. The molecule has 2 heterocycles. The highest BCUT2D eigenvalue weighted by atomic mass is 32.2. The second-order valence-corrected chi connectivity index (χ2v) is 6.59. The van der Waals surface area contributed by atoms with E-state index in [0.717, 1.165) is 29.0 Å². The van der Waals surface area contributed by atoms with Crippen molar-refractivity contribution in [2.45, 2.75) is 11.3 Å². The van der Waals surface area contributed by atoms with Crippen LogP contribution in [-0.2, 0) is 16.3 Å². The number of sulfone groups is 1. The van der Waals surface area contributed by atoms with Crippen LogP contribution < -0.4 is 4.74 Å². The lowest BCUT2D eigenvalue weighted by atomic mass is 10.1. The van der Waals surface area contributed by atoms with Gasteiger partial charge >= 0.3 is 0 Å². The lowest BCUT2D eigenvalue weighted by Crippen LogP contribution is -1.96. The van der Waals surface area contributed by atoms with Crippen LogP contribution in [0.15, 0.2) is 41.4 Å². The first kappa shape index (κ1) is 12.2. The Labute approximate surface area is 112 Å². The van der Waals surface area contributed by atoms with Gasteiger partial charge in [-0.1, -0.05) is 12.1 Å². The fourth-order valence-corrected chi connectivity index (χ4v) is 2.74. The van der Waals surface area contributed by atoms with Crippen LogP contribution in [0, 0.1) is 0 Å². The maximum absolute atomic E-state index is 11.4. The zero-order chi connectivity index (χ0) is 13.5. The molecule has 0 bridgehead atoms. The molecule has 0 unspecified atom stereocenters. The molecule has 3 rings (SSSR count). The van der Waals surface area contributed by atoms with Crippen LogP contribution in [0.1, 0.15) is 5.56 Å². The second kappa shape index (κ2) is 4.35. The smallest absolute Gasteiger partial charge is 0.175 e. The van der Waals surface area contributed by atoms with Gasteiger partial charge in [0.15, 0.2) is 9.84 Å². The number of aromatic nitrogens is 1. The molecule has 1 aromatic heterocycles. The van der Waals surface area contributed by atoms with Gasteiger partial charge in [-0.2, -0.15) is 0 Å². The molecular formula is C14H13NO3S. The van der Waals surface area contributed by atoms with Gasteiger partial charge < -0.3 is 4.74 Å². The van der Waals surface area contributed by atoms with E-state index in [1.807, 2.05) is 6.07 Å². The summed E-state index contributed by atoms with van der Waals surface area (Å²) in [4.78, 5) is 4.66. The minimum atomic E-state index is -3.15. The molecule has 0 atom stereocenters. The van der Waals surface area contributed by atoms with Crippen LogP contribution >= 0.6 is 0 Å². The van der Waals surface area contributed by atoms with E-state index in [1.54, 1.807) is 30.5 Å². The standard InChI is InChI=1S/C14H13NO3S/c1-19(16,17)12-4-2-10(3-5-12)13-8-11-6-7-18-14(11)9-15-13/h2-5,8-9H,6-7H2,1H3. The Balaban J connectivity index is 1.99. The topological polar surface area (TPSA) is 56.3 Å². The van der Waals surface area contributed by atoms with Crippen molar-refractivity contribution < 1.29 is 13.2 Å². The van der Waals surface area contributed by atoms with Crippen molar-refractivity contribution in [2.24, 2.45) is 0 Å². The number of hydrogen-bond acceptors (Lipinski definition) is 4.